The topological polar surface area (TPSA) is 97.1 Å². The molecule has 0 bridgehead atoms. The van der Waals surface area contributed by atoms with Crippen LogP contribution in [0, 0.1) is 0 Å². The SMILES string of the molecule is O=C(CSc1nnc(CCCO)n1-c1ccccc1)NCC(=O)c1ccccc1. The average molecular weight is 410 g/mol. The number of amides is 1. The number of aliphatic hydroxyl groups is 1. The van der Waals surface area contributed by atoms with E-state index in [0.717, 1.165) is 11.5 Å². The maximum absolute atomic E-state index is 12.2. The van der Waals surface area contributed by atoms with Crippen molar-refractivity contribution in [3.8, 4) is 5.69 Å². The lowest BCUT2D eigenvalue weighted by Gasteiger charge is -2.10. The first-order chi connectivity index (χ1) is 14.2. The molecule has 0 aliphatic carbocycles. The number of aryl methyl sites for hydroxylation is 1. The van der Waals surface area contributed by atoms with E-state index in [1.54, 1.807) is 24.3 Å². The maximum Gasteiger partial charge on any atom is 0.230 e. The maximum atomic E-state index is 12.2. The number of Topliss-reactive ketones (excluding diaryl/α,β-unsaturated/α-hetero) is 1. The molecule has 29 heavy (non-hydrogen) atoms. The third-order valence-electron chi connectivity index (χ3n) is 4.15. The van der Waals surface area contributed by atoms with Crippen molar-refractivity contribution in [1.82, 2.24) is 20.1 Å². The van der Waals surface area contributed by atoms with Crippen LogP contribution in [0.2, 0.25) is 0 Å². The van der Waals surface area contributed by atoms with Gasteiger partial charge in [0.05, 0.1) is 12.3 Å². The Morgan fingerprint density at radius 3 is 2.38 bits per heavy atom. The van der Waals surface area contributed by atoms with Crippen LogP contribution in [0.25, 0.3) is 5.69 Å². The van der Waals surface area contributed by atoms with E-state index in [2.05, 4.69) is 15.5 Å². The number of aliphatic hydroxyl groups excluding tert-OH is 1. The number of carbonyl (C=O) groups excluding carboxylic acids is 2. The first kappa shape index (κ1) is 20.8. The normalized spacial score (nSPS) is 10.7. The van der Waals surface area contributed by atoms with Gasteiger partial charge in [-0.2, -0.15) is 0 Å². The summed E-state index contributed by atoms with van der Waals surface area (Å²) in [5.41, 5.74) is 1.46. The molecule has 1 aromatic heterocycles. The lowest BCUT2D eigenvalue weighted by Crippen LogP contribution is -2.30. The number of nitrogens with one attached hydrogen (secondary N) is 1. The van der Waals surface area contributed by atoms with E-state index in [1.807, 2.05) is 41.0 Å². The fraction of sp³-hybridized carbons (Fsp3) is 0.238. The molecule has 0 fully saturated rings. The van der Waals surface area contributed by atoms with Crippen molar-refractivity contribution in [2.45, 2.75) is 18.0 Å². The Balaban J connectivity index is 1.62. The molecular weight excluding hydrogens is 388 g/mol. The summed E-state index contributed by atoms with van der Waals surface area (Å²) >= 11 is 1.26. The number of ketones is 1. The van der Waals surface area contributed by atoms with Crippen molar-refractivity contribution in [1.29, 1.82) is 0 Å². The standard InChI is InChI=1S/C21H22N4O3S/c26-13-7-12-19-23-24-21(25(19)17-10-5-2-6-11-17)29-15-20(28)22-14-18(27)16-8-3-1-4-9-16/h1-6,8-11,26H,7,12-15H2,(H,22,28). The van der Waals surface area contributed by atoms with Gasteiger partial charge < -0.3 is 10.4 Å². The quantitative estimate of drug-likeness (QED) is 0.393. The molecule has 2 N–H and O–H groups in total. The summed E-state index contributed by atoms with van der Waals surface area (Å²) in [6.45, 7) is 0.0263. The molecule has 0 aliphatic heterocycles. The lowest BCUT2D eigenvalue weighted by atomic mass is 10.1. The van der Waals surface area contributed by atoms with Gasteiger partial charge in [-0.25, -0.2) is 0 Å². The van der Waals surface area contributed by atoms with E-state index in [-0.39, 0.29) is 30.6 Å². The molecule has 0 atom stereocenters. The second-order valence-electron chi connectivity index (χ2n) is 6.25. The zero-order chi connectivity index (χ0) is 20.5. The Bertz CT molecular complexity index is 945. The fourth-order valence-corrected chi connectivity index (χ4v) is 3.52. The van der Waals surface area contributed by atoms with Gasteiger partial charge >= 0.3 is 0 Å². The monoisotopic (exact) mass is 410 g/mol. The minimum Gasteiger partial charge on any atom is -0.396 e. The highest BCUT2D eigenvalue weighted by Crippen LogP contribution is 2.22. The number of hydrogen-bond donors (Lipinski definition) is 2. The molecule has 0 saturated heterocycles. The van der Waals surface area contributed by atoms with Crippen LogP contribution in [0.5, 0.6) is 0 Å². The van der Waals surface area contributed by atoms with Gasteiger partial charge in [-0.15, -0.1) is 10.2 Å². The average Bonchev–Trinajstić information content (AvgIpc) is 3.18. The Labute approximate surface area is 173 Å². The predicted molar refractivity (Wildman–Crippen MR) is 111 cm³/mol. The van der Waals surface area contributed by atoms with Gasteiger partial charge in [0.15, 0.2) is 10.9 Å². The van der Waals surface area contributed by atoms with Crippen LogP contribution in [0.4, 0.5) is 0 Å². The Morgan fingerprint density at radius 1 is 1.00 bits per heavy atom. The highest BCUT2D eigenvalue weighted by atomic mass is 32.2. The number of rotatable bonds is 10. The molecular formula is C21H22N4O3S. The van der Waals surface area contributed by atoms with E-state index in [0.29, 0.717) is 23.6 Å². The molecule has 0 saturated carbocycles. The van der Waals surface area contributed by atoms with Crippen LogP contribution in [0.3, 0.4) is 0 Å². The largest absolute Gasteiger partial charge is 0.396 e. The van der Waals surface area contributed by atoms with Crippen LogP contribution in [-0.4, -0.2) is 50.5 Å². The van der Waals surface area contributed by atoms with Crippen LogP contribution in [-0.2, 0) is 11.2 Å². The highest BCUT2D eigenvalue weighted by molar-refractivity contribution is 7.99. The number of thioether (sulfide) groups is 1. The first-order valence-electron chi connectivity index (χ1n) is 9.27. The lowest BCUT2D eigenvalue weighted by molar-refractivity contribution is -0.118. The number of hydrogen-bond acceptors (Lipinski definition) is 6. The number of benzene rings is 2. The van der Waals surface area contributed by atoms with Gasteiger partial charge in [0.1, 0.15) is 5.82 Å². The van der Waals surface area contributed by atoms with Gasteiger partial charge in [-0.1, -0.05) is 60.3 Å². The van der Waals surface area contributed by atoms with Crippen LogP contribution in [0.1, 0.15) is 22.6 Å². The van der Waals surface area contributed by atoms with Crippen molar-refractivity contribution >= 4 is 23.5 Å². The summed E-state index contributed by atoms with van der Waals surface area (Å²) in [7, 11) is 0. The fourth-order valence-electron chi connectivity index (χ4n) is 2.72. The van der Waals surface area contributed by atoms with Crippen molar-refractivity contribution in [3.05, 3.63) is 72.1 Å². The number of aromatic nitrogens is 3. The molecule has 2 aromatic carbocycles. The van der Waals surface area contributed by atoms with Gasteiger partial charge in [-0.05, 0) is 18.6 Å². The number of nitrogens with zero attached hydrogens (tertiary/aromatic N) is 3. The minimum absolute atomic E-state index is 0.0451. The molecule has 1 heterocycles. The van der Waals surface area contributed by atoms with E-state index >= 15 is 0 Å². The van der Waals surface area contributed by atoms with Crippen LogP contribution in [0.15, 0.2) is 65.8 Å². The van der Waals surface area contributed by atoms with E-state index < -0.39 is 0 Å². The molecule has 7 nitrogen and oxygen atoms in total. The van der Waals surface area contributed by atoms with E-state index in [9.17, 15) is 9.59 Å². The summed E-state index contributed by atoms with van der Waals surface area (Å²) in [4.78, 5) is 24.3. The van der Waals surface area contributed by atoms with Gasteiger partial charge in [-0.3, -0.25) is 14.2 Å². The van der Waals surface area contributed by atoms with E-state index in [4.69, 9.17) is 5.11 Å². The summed E-state index contributed by atoms with van der Waals surface area (Å²) in [5.74, 6) is 0.460. The molecule has 0 aliphatic rings. The molecule has 0 radical (unpaired) electrons. The molecule has 3 rings (SSSR count). The minimum atomic E-state index is -0.251. The number of carbonyl (C=O) groups is 2. The Kier molecular flexibility index (Phi) is 7.54. The van der Waals surface area contributed by atoms with Gasteiger partial charge in [0, 0.05) is 24.3 Å². The van der Waals surface area contributed by atoms with Crippen molar-refractivity contribution in [3.63, 3.8) is 0 Å². The highest BCUT2D eigenvalue weighted by Gasteiger charge is 2.16. The summed E-state index contributed by atoms with van der Waals surface area (Å²) < 4.78 is 1.89. The summed E-state index contributed by atoms with van der Waals surface area (Å²) in [6.07, 6.45) is 1.16. The Morgan fingerprint density at radius 2 is 1.69 bits per heavy atom. The molecule has 0 unspecified atom stereocenters. The zero-order valence-corrected chi connectivity index (χ0v) is 16.6. The molecule has 1 amide bonds. The second kappa shape index (κ2) is 10.5. The van der Waals surface area contributed by atoms with Gasteiger partial charge in [0.2, 0.25) is 5.91 Å². The van der Waals surface area contributed by atoms with Crippen molar-refractivity contribution in [2.24, 2.45) is 0 Å². The molecule has 8 heteroatoms. The van der Waals surface area contributed by atoms with Crippen LogP contribution >= 0.6 is 11.8 Å². The third kappa shape index (κ3) is 5.75. The smallest absolute Gasteiger partial charge is 0.230 e. The summed E-state index contributed by atoms with van der Waals surface area (Å²) in [5, 5.41) is 20.8. The van der Waals surface area contributed by atoms with Gasteiger partial charge in [0.25, 0.3) is 0 Å². The zero-order valence-electron chi connectivity index (χ0n) is 15.8. The van der Waals surface area contributed by atoms with E-state index in [1.165, 1.54) is 11.8 Å². The second-order valence-corrected chi connectivity index (χ2v) is 7.19. The molecule has 150 valence electrons. The summed E-state index contributed by atoms with van der Waals surface area (Å²) in [6, 6.07) is 18.5. The molecule has 0 spiro atoms. The predicted octanol–water partition coefficient (Wildman–Crippen LogP) is 2.28. The Hall–Kier alpha value is -2.97. The van der Waals surface area contributed by atoms with Crippen LogP contribution < -0.4 is 5.32 Å². The first-order valence-corrected chi connectivity index (χ1v) is 10.3. The van der Waals surface area contributed by atoms with Crippen molar-refractivity contribution < 1.29 is 14.7 Å². The van der Waals surface area contributed by atoms with Crippen molar-refractivity contribution in [2.75, 3.05) is 18.9 Å². The number of para-hydroxylation sites is 1. The molecule has 3 aromatic rings. The third-order valence-corrected chi connectivity index (χ3v) is 5.08.